The minimum Gasteiger partial charge on any atom is -0.396 e. The molecular formula is C18H19FO. The van der Waals surface area contributed by atoms with Crippen LogP contribution in [0.2, 0.25) is 0 Å². The van der Waals surface area contributed by atoms with Crippen LogP contribution in [0.25, 0.3) is 0 Å². The lowest BCUT2D eigenvalue weighted by Gasteiger charge is -2.16. The summed E-state index contributed by atoms with van der Waals surface area (Å²) in [7, 11) is 0. The van der Waals surface area contributed by atoms with Gasteiger partial charge in [0.25, 0.3) is 0 Å². The Balaban J connectivity index is 1.83. The number of hydrogen-bond acceptors (Lipinski definition) is 1. The summed E-state index contributed by atoms with van der Waals surface area (Å²) in [6, 6.07) is 13.3. The van der Waals surface area contributed by atoms with Crippen molar-refractivity contribution in [3.8, 4) is 0 Å². The first kappa shape index (κ1) is 13.3. The first-order valence-electron chi connectivity index (χ1n) is 7.24. The Labute approximate surface area is 119 Å². The molecule has 2 aromatic rings. The van der Waals surface area contributed by atoms with Gasteiger partial charge in [0.15, 0.2) is 0 Å². The molecule has 1 nitrogen and oxygen atoms in total. The van der Waals surface area contributed by atoms with Crippen LogP contribution in [0.3, 0.4) is 0 Å². The molecule has 0 radical (unpaired) electrons. The Morgan fingerprint density at radius 3 is 2.65 bits per heavy atom. The molecule has 0 amide bonds. The van der Waals surface area contributed by atoms with E-state index in [9.17, 15) is 9.50 Å². The Bertz CT molecular complexity index is 606. The molecule has 1 N–H and O–H groups in total. The summed E-state index contributed by atoms with van der Waals surface area (Å²) < 4.78 is 13.8. The van der Waals surface area contributed by atoms with Gasteiger partial charge in [0.1, 0.15) is 5.82 Å². The third-order valence-electron chi connectivity index (χ3n) is 4.21. The van der Waals surface area contributed by atoms with Crippen molar-refractivity contribution in [3.05, 3.63) is 70.5 Å². The van der Waals surface area contributed by atoms with E-state index >= 15 is 0 Å². The zero-order chi connectivity index (χ0) is 13.9. The van der Waals surface area contributed by atoms with Crippen LogP contribution in [0.4, 0.5) is 4.39 Å². The first-order chi connectivity index (χ1) is 9.78. The highest BCUT2D eigenvalue weighted by molar-refractivity contribution is 5.36. The molecule has 0 aliphatic heterocycles. The minimum atomic E-state index is -0.229. The minimum absolute atomic E-state index is 0.0297. The molecule has 1 aliphatic carbocycles. The van der Waals surface area contributed by atoms with Crippen LogP contribution in [0.1, 0.15) is 34.6 Å². The lowest BCUT2D eigenvalue weighted by atomic mass is 9.91. The maximum atomic E-state index is 13.8. The Morgan fingerprint density at radius 1 is 1.05 bits per heavy atom. The highest BCUT2D eigenvalue weighted by atomic mass is 19.1. The molecule has 0 heterocycles. The summed E-state index contributed by atoms with van der Waals surface area (Å²) in [6.07, 6.45) is 4.24. The SMILES string of the molecule is OCC(Cc1ccc2c(c1)CCC2)c1ccccc1F. The molecule has 2 heteroatoms. The predicted octanol–water partition coefficient (Wildman–Crippen LogP) is 3.63. The second-order valence-electron chi connectivity index (χ2n) is 5.56. The average Bonchev–Trinajstić information content (AvgIpc) is 2.93. The van der Waals surface area contributed by atoms with E-state index < -0.39 is 0 Å². The summed E-state index contributed by atoms with van der Waals surface area (Å²) in [5.41, 5.74) is 4.66. The van der Waals surface area contributed by atoms with Gasteiger partial charge in [0.2, 0.25) is 0 Å². The number of aliphatic hydroxyl groups excluding tert-OH is 1. The molecule has 20 heavy (non-hydrogen) atoms. The molecule has 2 aromatic carbocycles. The van der Waals surface area contributed by atoms with Crippen molar-refractivity contribution in [2.75, 3.05) is 6.61 Å². The molecule has 0 spiro atoms. The zero-order valence-corrected chi connectivity index (χ0v) is 11.5. The van der Waals surface area contributed by atoms with Crippen molar-refractivity contribution in [1.82, 2.24) is 0 Å². The summed E-state index contributed by atoms with van der Waals surface area (Å²) in [6.45, 7) is -0.0297. The standard InChI is InChI=1S/C18H19FO/c19-18-7-2-1-6-17(18)16(12-20)11-13-8-9-14-4-3-5-15(14)10-13/h1-2,6-10,16,20H,3-5,11-12H2. The lowest BCUT2D eigenvalue weighted by molar-refractivity contribution is 0.261. The Kier molecular flexibility index (Phi) is 3.83. The van der Waals surface area contributed by atoms with Crippen molar-refractivity contribution in [2.45, 2.75) is 31.6 Å². The quantitative estimate of drug-likeness (QED) is 0.899. The monoisotopic (exact) mass is 270 g/mol. The van der Waals surface area contributed by atoms with Crippen LogP contribution in [0.15, 0.2) is 42.5 Å². The van der Waals surface area contributed by atoms with Crippen LogP contribution in [-0.2, 0) is 19.3 Å². The van der Waals surface area contributed by atoms with Crippen LogP contribution in [0.5, 0.6) is 0 Å². The molecule has 0 saturated carbocycles. The van der Waals surface area contributed by atoms with Gasteiger partial charge >= 0.3 is 0 Å². The molecule has 0 bridgehead atoms. The maximum Gasteiger partial charge on any atom is 0.126 e. The average molecular weight is 270 g/mol. The van der Waals surface area contributed by atoms with Gasteiger partial charge in [0.05, 0.1) is 6.61 Å². The highest BCUT2D eigenvalue weighted by Gasteiger charge is 2.17. The molecule has 0 saturated heterocycles. The van der Waals surface area contributed by atoms with Crippen LogP contribution < -0.4 is 0 Å². The highest BCUT2D eigenvalue weighted by Crippen LogP contribution is 2.27. The van der Waals surface area contributed by atoms with Gasteiger partial charge in [-0.05, 0) is 54.0 Å². The fourth-order valence-electron chi connectivity index (χ4n) is 3.12. The van der Waals surface area contributed by atoms with E-state index in [0.29, 0.717) is 12.0 Å². The fraction of sp³-hybridized carbons (Fsp3) is 0.333. The van der Waals surface area contributed by atoms with Crippen molar-refractivity contribution >= 4 is 0 Å². The number of benzene rings is 2. The van der Waals surface area contributed by atoms with Gasteiger partial charge in [-0.2, -0.15) is 0 Å². The third-order valence-corrected chi connectivity index (χ3v) is 4.21. The fourth-order valence-corrected chi connectivity index (χ4v) is 3.12. The summed E-state index contributed by atoms with van der Waals surface area (Å²) in [5.74, 6) is -0.400. The van der Waals surface area contributed by atoms with Crippen molar-refractivity contribution in [1.29, 1.82) is 0 Å². The molecular weight excluding hydrogens is 251 g/mol. The smallest absolute Gasteiger partial charge is 0.126 e. The second kappa shape index (κ2) is 5.76. The number of aryl methyl sites for hydroxylation is 2. The van der Waals surface area contributed by atoms with E-state index in [1.54, 1.807) is 12.1 Å². The van der Waals surface area contributed by atoms with Crippen molar-refractivity contribution < 1.29 is 9.50 Å². The molecule has 0 aromatic heterocycles. The van der Waals surface area contributed by atoms with E-state index in [2.05, 4.69) is 18.2 Å². The predicted molar refractivity (Wildman–Crippen MR) is 78.4 cm³/mol. The normalized spacial score (nSPS) is 15.1. The van der Waals surface area contributed by atoms with Crippen LogP contribution in [0, 0.1) is 5.82 Å². The van der Waals surface area contributed by atoms with E-state index in [4.69, 9.17) is 0 Å². The van der Waals surface area contributed by atoms with Gasteiger partial charge < -0.3 is 5.11 Å². The second-order valence-corrected chi connectivity index (χ2v) is 5.56. The van der Waals surface area contributed by atoms with Gasteiger partial charge in [0, 0.05) is 5.92 Å². The van der Waals surface area contributed by atoms with Gasteiger partial charge in [-0.15, -0.1) is 0 Å². The summed E-state index contributed by atoms with van der Waals surface area (Å²) in [4.78, 5) is 0. The maximum absolute atomic E-state index is 13.8. The lowest BCUT2D eigenvalue weighted by Crippen LogP contribution is -2.10. The molecule has 1 unspecified atom stereocenters. The summed E-state index contributed by atoms with van der Waals surface area (Å²) in [5, 5.41) is 9.59. The van der Waals surface area contributed by atoms with E-state index in [0.717, 1.165) is 6.42 Å². The topological polar surface area (TPSA) is 20.2 Å². The Morgan fingerprint density at radius 2 is 1.85 bits per heavy atom. The van der Waals surface area contributed by atoms with Gasteiger partial charge in [-0.25, -0.2) is 4.39 Å². The van der Waals surface area contributed by atoms with Crippen molar-refractivity contribution in [3.63, 3.8) is 0 Å². The largest absolute Gasteiger partial charge is 0.396 e. The number of halogens is 1. The number of rotatable bonds is 4. The third kappa shape index (κ3) is 2.61. The molecule has 1 aliphatic rings. The Hall–Kier alpha value is -1.67. The van der Waals surface area contributed by atoms with E-state index in [-0.39, 0.29) is 18.3 Å². The van der Waals surface area contributed by atoms with Gasteiger partial charge in [-0.1, -0.05) is 36.4 Å². The first-order valence-corrected chi connectivity index (χ1v) is 7.24. The van der Waals surface area contributed by atoms with Crippen LogP contribution in [-0.4, -0.2) is 11.7 Å². The van der Waals surface area contributed by atoms with Crippen molar-refractivity contribution in [2.24, 2.45) is 0 Å². The number of fused-ring (bicyclic) bond motifs is 1. The molecule has 0 fully saturated rings. The zero-order valence-electron chi connectivity index (χ0n) is 11.5. The molecule has 104 valence electrons. The van der Waals surface area contributed by atoms with E-state index in [1.807, 2.05) is 6.07 Å². The molecule has 3 rings (SSSR count). The number of hydrogen-bond donors (Lipinski definition) is 1. The van der Waals surface area contributed by atoms with E-state index in [1.165, 1.54) is 35.6 Å². The van der Waals surface area contributed by atoms with Crippen LogP contribution >= 0.6 is 0 Å². The summed E-state index contributed by atoms with van der Waals surface area (Å²) >= 11 is 0. The molecule has 1 atom stereocenters. The van der Waals surface area contributed by atoms with Gasteiger partial charge in [-0.3, -0.25) is 0 Å². The number of aliphatic hydroxyl groups is 1.